The van der Waals surface area contributed by atoms with E-state index in [9.17, 15) is 9.59 Å². The van der Waals surface area contributed by atoms with Crippen LogP contribution in [0.4, 0.5) is 0 Å². The fourth-order valence-electron chi connectivity index (χ4n) is 3.00. The lowest BCUT2D eigenvalue weighted by atomic mass is 10.2. The van der Waals surface area contributed by atoms with Crippen LogP contribution in [0.15, 0.2) is 21.9 Å². The number of halogens is 3. The lowest BCUT2D eigenvalue weighted by molar-refractivity contribution is -0.129. The van der Waals surface area contributed by atoms with Gasteiger partial charge in [-0.3, -0.25) is 4.79 Å². The molecule has 0 aliphatic carbocycles. The fraction of sp³-hybridized carbons (Fsp3) is 0.450. The van der Waals surface area contributed by atoms with Gasteiger partial charge < -0.3 is 14.4 Å². The molecule has 1 atom stereocenters. The topological polar surface area (TPSA) is 68.7 Å². The van der Waals surface area contributed by atoms with Crippen molar-refractivity contribution >= 4 is 69.8 Å². The number of nitrogens with zero attached hydrogens (tertiary/aromatic N) is 2. The van der Waals surface area contributed by atoms with Gasteiger partial charge in [0.15, 0.2) is 10.0 Å². The van der Waals surface area contributed by atoms with Crippen molar-refractivity contribution < 1.29 is 19.1 Å². The zero-order valence-corrected chi connectivity index (χ0v) is 20.8. The lowest BCUT2D eigenvalue weighted by Gasteiger charge is -2.25. The molecule has 1 amide bonds. The second-order valence-corrected chi connectivity index (χ2v) is 10.4. The summed E-state index contributed by atoms with van der Waals surface area (Å²) in [5.41, 5.74) is 0.309. The molecule has 0 saturated carbocycles. The summed E-state index contributed by atoms with van der Waals surface area (Å²) in [7, 11) is 0. The van der Waals surface area contributed by atoms with E-state index in [1.54, 1.807) is 31.4 Å². The van der Waals surface area contributed by atoms with Crippen LogP contribution < -0.4 is 4.74 Å². The molecule has 2 heterocycles. The van der Waals surface area contributed by atoms with Crippen molar-refractivity contribution in [3.05, 3.63) is 38.3 Å². The van der Waals surface area contributed by atoms with Crippen LogP contribution in [0.5, 0.6) is 5.75 Å². The van der Waals surface area contributed by atoms with Gasteiger partial charge in [-0.15, -0.1) is 11.3 Å². The Kier molecular flexibility index (Phi) is 8.75. The van der Waals surface area contributed by atoms with Crippen molar-refractivity contribution in [3.8, 4) is 5.75 Å². The highest BCUT2D eigenvalue weighted by Crippen LogP contribution is 2.37. The summed E-state index contributed by atoms with van der Waals surface area (Å²) in [5.74, 6) is 0.760. The SMILES string of the molecule is CC(C)OC(=O)c1csc(SCCN2C(=O)CC[C@@H]2COc2ccc(Cl)c(Cl)c2Cl)n1. The van der Waals surface area contributed by atoms with E-state index >= 15 is 0 Å². The number of hydrogen-bond donors (Lipinski definition) is 0. The maximum absolute atomic E-state index is 12.3. The molecule has 1 aliphatic rings. The van der Waals surface area contributed by atoms with Gasteiger partial charge in [0.25, 0.3) is 0 Å². The summed E-state index contributed by atoms with van der Waals surface area (Å²) in [5, 5.41) is 2.55. The Morgan fingerprint density at radius 3 is 2.84 bits per heavy atom. The van der Waals surface area contributed by atoms with Crippen LogP contribution in [0.25, 0.3) is 0 Å². The average Bonchev–Trinajstić information content (AvgIpc) is 3.33. The van der Waals surface area contributed by atoms with E-state index in [1.165, 1.54) is 23.1 Å². The number of thioether (sulfide) groups is 1. The summed E-state index contributed by atoms with van der Waals surface area (Å²) < 4.78 is 11.7. The molecule has 0 N–H and O–H groups in total. The predicted octanol–water partition coefficient (Wildman–Crippen LogP) is 5.83. The van der Waals surface area contributed by atoms with Gasteiger partial charge in [-0.25, -0.2) is 9.78 Å². The predicted molar refractivity (Wildman–Crippen MR) is 125 cm³/mol. The molecule has 1 aliphatic heterocycles. The third-order valence-corrected chi connectivity index (χ3v) is 7.75. The molecule has 11 heteroatoms. The number of ether oxygens (including phenoxy) is 2. The first-order valence-corrected chi connectivity index (χ1v) is 12.6. The molecule has 3 rings (SSSR count). The highest BCUT2D eigenvalue weighted by atomic mass is 35.5. The highest BCUT2D eigenvalue weighted by Gasteiger charge is 2.31. The van der Waals surface area contributed by atoms with Crippen molar-refractivity contribution in [3.63, 3.8) is 0 Å². The second kappa shape index (κ2) is 11.1. The van der Waals surface area contributed by atoms with Crippen LogP contribution in [-0.2, 0) is 9.53 Å². The number of carbonyl (C=O) groups is 2. The normalized spacial score (nSPS) is 16.3. The number of benzene rings is 1. The molecule has 1 aromatic carbocycles. The smallest absolute Gasteiger partial charge is 0.358 e. The summed E-state index contributed by atoms with van der Waals surface area (Å²) in [6.07, 6.45) is 1.01. The van der Waals surface area contributed by atoms with Gasteiger partial charge in [-0.1, -0.05) is 46.6 Å². The average molecular weight is 524 g/mol. The van der Waals surface area contributed by atoms with Gasteiger partial charge >= 0.3 is 5.97 Å². The van der Waals surface area contributed by atoms with Crippen LogP contribution >= 0.6 is 57.9 Å². The minimum absolute atomic E-state index is 0.0495. The molecule has 0 spiro atoms. The Morgan fingerprint density at radius 1 is 1.32 bits per heavy atom. The molecule has 2 aromatic rings. The first kappa shape index (κ1) is 24.5. The van der Waals surface area contributed by atoms with Crippen LogP contribution in [0.2, 0.25) is 15.1 Å². The van der Waals surface area contributed by atoms with Crippen LogP contribution in [0.3, 0.4) is 0 Å². The molecule has 0 radical (unpaired) electrons. The molecule has 1 aromatic heterocycles. The summed E-state index contributed by atoms with van der Waals surface area (Å²) in [4.78, 5) is 30.4. The van der Waals surface area contributed by atoms with E-state index in [4.69, 9.17) is 44.3 Å². The number of thiazole rings is 1. The van der Waals surface area contributed by atoms with Gasteiger partial charge in [-0.2, -0.15) is 0 Å². The number of carbonyl (C=O) groups excluding carboxylic acids is 2. The highest BCUT2D eigenvalue weighted by molar-refractivity contribution is 8.01. The van der Waals surface area contributed by atoms with Crippen molar-refractivity contribution in [2.45, 2.75) is 43.2 Å². The fourth-order valence-corrected chi connectivity index (χ4v) is 5.39. The minimum atomic E-state index is -0.425. The van der Waals surface area contributed by atoms with Gasteiger partial charge in [0.1, 0.15) is 17.4 Å². The third kappa shape index (κ3) is 6.42. The molecule has 168 valence electrons. The Labute approximate surface area is 204 Å². The minimum Gasteiger partial charge on any atom is -0.490 e. The van der Waals surface area contributed by atoms with E-state index in [0.717, 1.165) is 4.34 Å². The van der Waals surface area contributed by atoms with E-state index in [1.807, 2.05) is 4.90 Å². The maximum atomic E-state index is 12.3. The second-order valence-electron chi connectivity index (χ2n) is 7.07. The number of aromatic nitrogens is 1. The number of amides is 1. The van der Waals surface area contributed by atoms with Crippen LogP contribution in [-0.4, -0.2) is 52.8 Å². The molecule has 31 heavy (non-hydrogen) atoms. The number of hydrogen-bond acceptors (Lipinski definition) is 7. The van der Waals surface area contributed by atoms with Gasteiger partial charge in [-0.05, 0) is 32.4 Å². The standard InChI is InChI=1S/C20H21Cl3N2O4S2/c1-11(2)29-19(27)14-10-31-20(24-14)30-8-7-25-12(3-6-16(25)26)9-28-15-5-4-13(21)17(22)18(15)23/h4-5,10-12H,3,6-9H2,1-2H3/t12-/m1/s1. The molecular weight excluding hydrogens is 503 g/mol. The van der Waals surface area contributed by atoms with E-state index in [0.29, 0.717) is 48.2 Å². The summed E-state index contributed by atoms with van der Waals surface area (Å²) in [6, 6.07) is 3.24. The van der Waals surface area contributed by atoms with E-state index < -0.39 is 5.97 Å². The van der Waals surface area contributed by atoms with Crippen molar-refractivity contribution in [2.75, 3.05) is 18.9 Å². The van der Waals surface area contributed by atoms with E-state index in [2.05, 4.69) is 4.98 Å². The molecule has 6 nitrogen and oxygen atoms in total. The van der Waals surface area contributed by atoms with Crippen LogP contribution in [0.1, 0.15) is 37.2 Å². The van der Waals surface area contributed by atoms with Gasteiger partial charge in [0.05, 0.1) is 22.2 Å². The lowest BCUT2D eigenvalue weighted by Crippen LogP contribution is -2.38. The van der Waals surface area contributed by atoms with Crippen LogP contribution in [0, 0.1) is 0 Å². The van der Waals surface area contributed by atoms with Gasteiger partial charge in [0, 0.05) is 24.1 Å². The zero-order valence-electron chi connectivity index (χ0n) is 16.9. The Morgan fingerprint density at radius 2 is 2.10 bits per heavy atom. The number of esters is 1. The van der Waals surface area contributed by atoms with E-state index in [-0.39, 0.29) is 28.1 Å². The molecular formula is C20H21Cl3N2O4S2. The van der Waals surface area contributed by atoms with Crippen molar-refractivity contribution in [1.82, 2.24) is 9.88 Å². The first-order chi connectivity index (χ1) is 14.8. The number of rotatable bonds is 9. The summed E-state index contributed by atoms with van der Waals surface area (Å²) in [6.45, 7) is 4.46. The van der Waals surface area contributed by atoms with Crippen molar-refractivity contribution in [2.24, 2.45) is 0 Å². The monoisotopic (exact) mass is 522 g/mol. The Balaban J connectivity index is 1.51. The van der Waals surface area contributed by atoms with Gasteiger partial charge in [0.2, 0.25) is 5.91 Å². The molecule has 1 fully saturated rings. The quantitative estimate of drug-likeness (QED) is 0.234. The Bertz CT molecular complexity index is 955. The molecule has 0 unspecified atom stereocenters. The Hall–Kier alpha value is -1.19. The largest absolute Gasteiger partial charge is 0.490 e. The maximum Gasteiger partial charge on any atom is 0.358 e. The molecule has 0 bridgehead atoms. The zero-order chi connectivity index (χ0) is 22.5. The summed E-state index contributed by atoms with van der Waals surface area (Å²) >= 11 is 21.1. The van der Waals surface area contributed by atoms with Crippen molar-refractivity contribution in [1.29, 1.82) is 0 Å². The first-order valence-electron chi connectivity index (χ1n) is 9.61. The number of likely N-dealkylation sites (tertiary alicyclic amines) is 1. The third-order valence-electron chi connectivity index (χ3n) is 4.48. The molecule has 1 saturated heterocycles.